The average Bonchev–Trinajstić information content (AvgIpc) is 2.40. The Balaban J connectivity index is 2.23. The third-order valence-corrected chi connectivity index (χ3v) is 3.08. The van der Waals surface area contributed by atoms with Crippen LogP contribution >= 0.6 is 0 Å². The highest BCUT2D eigenvalue weighted by Gasteiger charge is 2.23. The maximum atomic E-state index is 11.7. The zero-order chi connectivity index (χ0) is 14.3. The maximum Gasteiger partial charge on any atom is 0.238 e. The van der Waals surface area contributed by atoms with Gasteiger partial charge in [0.05, 0.1) is 6.54 Å². The van der Waals surface area contributed by atoms with E-state index in [1.165, 1.54) is 0 Å². The van der Waals surface area contributed by atoms with Crippen LogP contribution < -0.4 is 16.0 Å². The molecule has 0 aromatic heterocycles. The van der Waals surface area contributed by atoms with E-state index in [0.717, 1.165) is 0 Å². The van der Waals surface area contributed by atoms with Gasteiger partial charge in [-0.15, -0.1) is 0 Å². The molecule has 1 aliphatic rings. The molecule has 19 heavy (non-hydrogen) atoms. The first-order chi connectivity index (χ1) is 9.08. The molecule has 1 aliphatic heterocycles. The monoisotopic (exact) mass is 270 g/mol. The van der Waals surface area contributed by atoms with Crippen LogP contribution in [0.1, 0.15) is 20.3 Å². The Kier molecular flexibility index (Phi) is 6.27. The number of nitrogens with zero attached hydrogens (tertiary/aromatic N) is 1. The molecule has 0 radical (unpaired) electrons. The van der Waals surface area contributed by atoms with Crippen LogP contribution in [-0.2, 0) is 14.4 Å². The number of carbonyl (C=O) groups excluding carboxylic acids is 3. The molecule has 1 rings (SSSR count). The van der Waals surface area contributed by atoms with Crippen LogP contribution in [0.3, 0.4) is 0 Å². The number of hydrogen-bond acceptors (Lipinski definition) is 4. The van der Waals surface area contributed by atoms with Crippen LogP contribution in [0, 0.1) is 0 Å². The SMILES string of the molecule is CCN(CC)C(=O)CCNC(=O)C1CNC(=O)CN1. The van der Waals surface area contributed by atoms with Gasteiger partial charge in [0.2, 0.25) is 17.7 Å². The number of carbonyl (C=O) groups is 3. The minimum absolute atomic E-state index is 0.0372. The second kappa shape index (κ2) is 7.73. The Morgan fingerprint density at radius 3 is 2.58 bits per heavy atom. The van der Waals surface area contributed by atoms with Gasteiger partial charge in [-0.1, -0.05) is 0 Å². The lowest BCUT2D eigenvalue weighted by molar-refractivity contribution is -0.130. The fraction of sp³-hybridized carbons (Fsp3) is 0.750. The molecule has 1 saturated heterocycles. The van der Waals surface area contributed by atoms with E-state index in [0.29, 0.717) is 26.1 Å². The molecule has 0 aromatic carbocycles. The summed E-state index contributed by atoms with van der Waals surface area (Å²) in [5, 5.41) is 8.14. The number of amides is 3. The predicted octanol–water partition coefficient (Wildman–Crippen LogP) is -1.55. The van der Waals surface area contributed by atoms with Crippen molar-refractivity contribution in [2.45, 2.75) is 26.3 Å². The molecule has 7 heteroatoms. The smallest absolute Gasteiger partial charge is 0.238 e. The van der Waals surface area contributed by atoms with E-state index in [2.05, 4.69) is 16.0 Å². The summed E-state index contributed by atoms with van der Waals surface area (Å²) in [6.07, 6.45) is 0.298. The molecule has 0 spiro atoms. The van der Waals surface area contributed by atoms with Crippen molar-refractivity contribution in [3.05, 3.63) is 0 Å². The van der Waals surface area contributed by atoms with Crippen molar-refractivity contribution in [3.8, 4) is 0 Å². The van der Waals surface area contributed by atoms with Gasteiger partial charge in [0.15, 0.2) is 0 Å². The minimum Gasteiger partial charge on any atom is -0.354 e. The molecule has 108 valence electrons. The molecular formula is C12H22N4O3. The lowest BCUT2D eigenvalue weighted by Crippen LogP contribution is -2.58. The van der Waals surface area contributed by atoms with E-state index in [1.54, 1.807) is 4.90 Å². The van der Waals surface area contributed by atoms with Gasteiger partial charge in [0, 0.05) is 32.6 Å². The minimum atomic E-state index is -0.416. The zero-order valence-corrected chi connectivity index (χ0v) is 11.5. The fourth-order valence-corrected chi connectivity index (χ4v) is 1.90. The summed E-state index contributed by atoms with van der Waals surface area (Å²) in [6, 6.07) is -0.416. The Labute approximate surface area is 113 Å². The number of piperazine rings is 1. The zero-order valence-electron chi connectivity index (χ0n) is 11.5. The van der Waals surface area contributed by atoms with E-state index in [1.807, 2.05) is 13.8 Å². The molecule has 0 bridgehead atoms. The fourth-order valence-electron chi connectivity index (χ4n) is 1.90. The number of rotatable bonds is 6. The molecule has 7 nitrogen and oxygen atoms in total. The summed E-state index contributed by atoms with van der Waals surface area (Å²) < 4.78 is 0. The normalized spacial score (nSPS) is 18.6. The molecule has 0 aliphatic carbocycles. The second-order valence-corrected chi connectivity index (χ2v) is 4.34. The van der Waals surface area contributed by atoms with Crippen molar-refractivity contribution in [2.24, 2.45) is 0 Å². The number of nitrogens with one attached hydrogen (secondary N) is 3. The summed E-state index contributed by atoms with van der Waals surface area (Å²) in [5.41, 5.74) is 0. The average molecular weight is 270 g/mol. The summed E-state index contributed by atoms with van der Waals surface area (Å²) >= 11 is 0. The Morgan fingerprint density at radius 2 is 2.05 bits per heavy atom. The topological polar surface area (TPSA) is 90.5 Å². The second-order valence-electron chi connectivity index (χ2n) is 4.34. The molecule has 0 saturated carbocycles. The van der Waals surface area contributed by atoms with E-state index in [9.17, 15) is 14.4 Å². The van der Waals surface area contributed by atoms with E-state index in [-0.39, 0.29) is 30.8 Å². The van der Waals surface area contributed by atoms with Crippen LogP contribution in [0.25, 0.3) is 0 Å². The summed E-state index contributed by atoms with van der Waals surface area (Å²) in [6.45, 7) is 5.97. The molecule has 3 amide bonds. The molecule has 1 fully saturated rings. The van der Waals surface area contributed by atoms with E-state index >= 15 is 0 Å². The third-order valence-electron chi connectivity index (χ3n) is 3.08. The Morgan fingerprint density at radius 1 is 1.37 bits per heavy atom. The van der Waals surface area contributed by atoms with Gasteiger partial charge in [-0.05, 0) is 13.8 Å². The van der Waals surface area contributed by atoms with Crippen molar-refractivity contribution in [2.75, 3.05) is 32.7 Å². The van der Waals surface area contributed by atoms with Crippen LogP contribution in [0.5, 0.6) is 0 Å². The highest BCUT2D eigenvalue weighted by Crippen LogP contribution is 1.94. The molecular weight excluding hydrogens is 248 g/mol. The summed E-state index contributed by atoms with van der Waals surface area (Å²) in [5.74, 6) is -0.261. The van der Waals surface area contributed by atoms with E-state index in [4.69, 9.17) is 0 Å². The highest BCUT2D eigenvalue weighted by molar-refractivity contribution is 5.87. The molecule has 0 aromatic rings. The van der Waals surface area contributed by atoms with Gasteiger partial charge < -0.3 is 15.5 Å². The Bertz CT molecular complexity index is 332. The van der Waals surface area contributed by atoms with Gasteiger partial charge in [0.25, 0.3) is 0 Å². The van der Waals surface area contributed by atoms with Crippen LogP contribution in [0.2, 0.25) is 0 Å². The first kappa shape index (κ1) is 15.4. The lowest BCUT2D eigenvalue weighted by Gasteiger charge is -2.23. The quantitative estimate of drug-likeness (QED) is 0.545. The van der Waals surface area contributed by atoms with Gasteiger partial charge in [-0.25, -0.2) is 0 Å². The van der Waals surface area contributed by atoms with Gasteiger partial charge in [0.1, 0.15) is 6.04 Å². The maximum absolute atomic E-state index is 11.7. The molecule has 1 unspecified atom stereocenters. The van der Waals surface area contributed by atoms with Crippen LogP contribution in [-0.4, -0.2) is 61.4 Å². The Hall–Kier alpha value is -1.63. The molecule has 1 heterocycles. The van der Waals surface area contributed by atoms with Crippen molar-refractivity contribution in [1.82, 2.24) is 20.9 Å². The van der Waals surface area contributed by atoms with Crippen LogP contribution in [0.4, 0.5) is 0 Å². The lowest BCUT2D eigenvalue weighted by atomic mass is 10.2. The first-order valence-electron chi connectivity index (χ1n) is 6.64. The largest absolute Gasteiger partial charge is 0.354 e. The summed E-state index contributed by atoms with van der Waals surface area (Å²) in [4.78, 5) is 36.1. The van der Waals surface area contributed by atoms with Crippen molar-refractivity contribution < 1.29 is 14.4 Å². The van der Waals surface area contributed by atoms with Gasteiger partial charge in [-0.3, -0.25) is 19.7 Å². The van der Waals surface area contributed by atoms with Crippen LogP contribution in [0.15, 0.2) is 0 Å². The van der Waals surface area contributed by atoms with Crippen molar-refractivity contribution in [1.29, 1.82) is 0 Å². The third kappa shape index (κ3) is 4.86. The van der Waals surface area contributed by atoms with Crippen molar-refractivity contribution >= 4 is 17.7 Å². The van der Waals surface area contributed by atoms with Gasteiger partial charge >= 0.3 is 0 Å². The first-order valence-corrected chi connectivity index (χ1v) is 6.64. The van der Waals surface area contributed by atoms with E-state index < -0.39 is 6.04 Å². The van der Waals surface area contributed by atoms with Gasteiger partial charge in [-0.2, -0.15) is 0 Å². The highest BCUT2D eigenvalue weighted by atomic mass is 16.2. The predicted molar refractivity (Wildman–Crippen MR) is 70.4 cm³/mol. The number of hydrogen-bond donors (Lipinski definition) is 3. The summed E-state index contributed by atoms with van der Waals surface area (Å²) in [7, 11) is 0. The standard InChI is InChI=1S/C12H22N4O3/c1-3-16(4-2)11(18)5-6-13-12(19)9-7-15-10(17)8-14-9/h9,14H,3-8H2,1-2H3,(H,13,19)(H,15,17). The molecule has 3 N–H and O–H groups in total. The van der Waals surface area contributed by atoms with Crippen molar-refractivity contribution in [3.63, 3.8) is 0 Å². The molecule has 1 atom stereocenters.